The lowest BCUT2D eigenvalue weighted by Gasteiger charge is -2.10. The van der Waals surface area contributed by atoms with Crippen molar-refractivity contribution in [3.05, 3.63) is 82.8 Å². The zero-order chi connectivity index (χ0) is 20.2. The molecule has 2 heterocycles. The molecule has 0 bridgehead atoms. The monoisotopic (exact) mass is 406 g/mol. The van der Waals surface area contributed by atoms with E-state index in [0.29, 0.717) is 17.1 Å². The quantitative estimate of drug-likeness (QED) is 0.457. The summed E-state index contributed by atoms with van der Waals surface area (Å²) < 4.78 is 1.83. The van der Waals surface area contributed by atoms with Crippen LogP contribution in [0.4, 0.5) is 0 Å². The third kappa shape index (κ3) is 4.05. The first kappa shape index (κ1) is 19.3. The number of amides is 1. The fourth-order valence-corrected chi connectivity index (χ4v) is 3.72. The van der Waals surface area contributed by atoms with Crippen LogP contribution in [-0.4, -0.2) is 27.2 Å². The summed E-state index contributed by atoms with van der Waals surface area (Å²) in [6.45, 7) is 2.66. The Hall–Kier alpha value is -3.05. The van der Waals surface area contributed by atoms with E-state index in [1.54, 1.807) is 6.20 Å². The van der Waals surface area contributed by atoms with Crippen LogP contribution in [0.5, 0.6) is 0 Å². The number of para-hydroxylation sites is 1. The Morgan fingerprint density at radius 2 is 1.93 bits per heavy atom. The highest BCUT2D eigenvalue weighted by Gasteiger charge is 2.17. The van der Waals surface area contributed by atoms with Gasteiger partial charge in [-0.1, -0.05) is 43.1 Å². The summed E-state index contributed by atoms with van der Waals surface area (Å²) in [6.07, 6.45) is 6.13. The Labute approximate surface area is 174 Å². The van der Waals surface area contributed by atoms with Gasteiger partial charge in [0.2, 0.25) is 0 Å². The Kier molecular flexibility index (Phi) is 5.67. The van der Waals surface area contributed by atoms with Crippen molar-refractivity contribution in [2.75, 3.05) is 6.54 Å². The third-order valence-electron chi connectivity index (χ3n) is 5.03. The molecule has 0 radical (unpaired) electrons. The van der Waals surface area contributed by atoms with E-state index >= 15 is 0 Å². The van der Waals surface area contributed by atoms with Crippen molar-refractivity contribution in [2.45, 2.75) is 26.2 Å². The number of aromatic nitrogens is 3. The van der Waals surface area contributed by atoms with Gasteiger partial charge < -0.3 is 10.3 Å². The minimum Gasteiger partial charge on any atom is -0.361 e. The summed E-state index contributed by atoms with van der Waals surface area (Å²) in [4.78, 5) is 16.1. The van der Waals surface area contributed by atoms with Crippen molar-refractivity contribution < 1.29 is 4.79 Å². The molecular formula is C23H23ClN4O. The van der Waals surface area contributed by atoms with Crippen molar-refractivity contribution in [1.29, 1.82) is 0 Å². The number of fused-ring (bicyclic) bond motifs is 1. The van der Waals surface area contributed by atoms with Crippen molar-refractivity contribution in [1.82, 2.24) is 20.1 Å². The number of benzene rings is 2. The van der Waals surface area contributed by atoms with E-state index in [4.69, 9.17) is 11.6 Å². The zero-order valence-corrected chi connectivity index (χ0v) is 17.0. The van der Waals surface area contributed by atoms with Crippen molar-refractivity contribution in [3.8, 4) is 5.69 Å². The molecule has 6 heteroatoms. The molecule has 0 unspecified atom stereocenters. The molecule has 4 aromatic rings. The normalized spacial score (nSPS) is 11.1. The number of H-pyrrole nitrogens is 1. The molecule has 4 rings (SSSR count). The standard InChI is InChI=1S/C23H23ClN4O/c1-2-5-22-20(15-27-28(22)18-10-8-17(24)9-11-18)23(29)25-13-12-16-14-26-21-7-4-3-6-19(16)21/h3-4,6-11,14-15,26H,2,5,12-13H2,1H3,(H,25,29). The highest BCUT2D eigenvalue weighted by molar-refractivity contribution is 6.30. The molecule has 148 valence electrons. The smallest absolute Gasteiger partial charge is 0.254 e. The summed E-state index contributed by atoms with van der Waals surface area (Å²) in [5.41, 5.74) is 4.76. The van der Waals surface area contributed by atoms with Crippen LogP contribution in [0.25, 0.3) is 16.6 Å². The second-order valence-corrected chi connectivity index (χ2v) is 7.44. The Morgan fingerprint density at radius 1 is 1.14 bits per heavy atom. The molecule has 0 aliphatic rings. The molecule has 2 aromatic heterocycles. The molecule has 0 saturated carbocycles. The largest absolute Gasteiger partial charge is 0.361 e. The molecule has 2 aromatic carbocycles. The number of aromatic amines is 1. The maximum atomic E-state index is 12.8. The van der Waals surface area contributed by atoms with Crippen molar-refractivity contribution in [3.63, 3.8) is 0 Å². The highest BCUT2D eigenvalue weighted by atomic mass is 35.5. The Morgan fingerprint density at radius 3 is 2.72 bits per heavy atom. The lowest BCUT2D eigenvalue weighted by Crippen LogP contribution is -2.26. The molecule has 29 heavy (non-hydrogen) atoms. The van der Waals surface area contributed by atoms with Gasteiger partial charge in [0, 0.05) is 28.7 Å². The van der Waals surface area contributed by atoms with E-state index in [-0.39, 0.29) is 5.91 Å². The summed E-state index contributed by atoms with van der Waals surface area (Å²) >= 11 is 6.00. The molecule has 0 fully saturated rings. The van der Waals surface area contributed by atoms with Crippen LogP contribution in [0.2, 0.25) is 5.02 Å². The van der Waals surface area contributed by atoms with Gasteiger partial charge in [-0.05, 0) is 48.7 Å². The van der Waals surface area contributed by atoms with E-state index in [1.165, 1.54) is 10.9 Å². The van der Waals surface area contributed by atoms with E-state index < -0.39 is 0 Å². The second kappa shape index (κ2) is 8.53. The number of nitrogens with zero attached hydrogens (tertiary/aromatic N) is 2. The SMILES string of the molecule is CCCc1c(C(=O)NCCc2c[nH]c3ccccc23)cnn1-c1ccc(Cl)cc1. The van der Waals surface area contributed by atoms with Crippen LogP contribution in [0, 0.1) is 0 Å². The zero-order valence-electron chi connectivity index (χ0n) is 16.3. The Balaban J connectivity index is 1.48. The second-order valence-electron chi connectivity index (χ2n) is 7.01. The number of halogens is 1. The van der Waals surface area contributed by atoms with Crippen LogP contribution < -0.4 is 5.32 Å². The number of hydrogen-bond donors (Lipinski definition) is 2. The molecule has 5 nitrogen and oxygen atoms in total. The third-order valence-corrected chi connectivity index (χ3v) is 5.28. The van der Waals surface area contributed by atoms with Crippen molar-refractivity contribution >= 4 is 28.4 Å². The molecule has 2 N–H and O–H groups in total. The first-order chi connectivity index (χ1) is 14.2. The van der Waals surface area contributed by atoms with Crippen molar-refractivity contribution in [2.24, 2.45) is 0 Å². The summed E-state index contributed by atoms with van der Waals surface area (Å²) in [6, 6.07) is 15.7. The first-order valence-corrected chi connectivity index (χ1v) is 10.2. The van der Waals surface area contributed by atoms with Gasteiger partial charge in [0.05, 0.1) is 23.1 Å². The van der Waals surface area contributed by atoms with Gasteiger partial charge in [-0.2, -0.15) is 5.10 Å². The molecular weight excluding hydrogens is 384 g/mol. The maximum absolute atomic E-state index is 12.8. The number of rotatable bonds is 7. The van der Waals surface area contributed by atoms with Gasteiger partial charge in [0.1, 0.15) is 0 Å². The van der Waals surface area contributed by atoms with Gasteiger partial charge in [-0.15, -0.1) is 0 Å². The van der Waals surface area contributed by atoms with Crippen LogP contribution in [0.1, 0.15) is 35.0 Å². The number of carbonyl (C=O) groups excluding carboxylic acids is 1. The maximum Gasteiger partial charge on any atom is 0.254 e. The summed E-state index contributed by atoms with van der Waals surface area (Å²) in [5, 5.41) is 9.38. The fourth-order valence-electron chi connectivity index (χ4n) is 3.59. The molecule has 0 aliphatic carbocycles. The average molecular weight is 407 g/mol. The van der Waals surface area contributed by atoms with Gasteiger partial charge in [0.15, 0.2) is 0 Å². The van der Waals surface area contributed by atoms with Crippen LogP contribution in [0.3, 0.4) is 0 Å². The molecule has 0 spiro atoms. The van der Waals surface area contributed by atoms with Crippen LogP contribution in [0.15, 0.2) is 60.9 Å². The molecule has 0 aliphatic heterocycles. The number of carbonyl (C=O) groups is 1. The number of hydrogen-bond acceptors (Lipinski definition) is 2. The van der Waals surface area contributed by atoms with E-state index in [2.05, 4.69) is 34.5 Å². The van der Waals surface area contributed by atoms with E-state index in [0.717, 1.165) is 36.2 Å². The minimum absolute atomic E-state index is 0.0893. The van der Waals surface area contributed by atoms with Crippen LogP contribution >= 0.6 is 11.6 Å². The average Bonchev–Trinajstić information content (AvgIpc) is 3.34. The Bertz CT molecular complexity index is 1130. The fraction of sp³-hybridized carbons (Fsp3) is 0.217. The topological polar surface area (TPSA) is 62.7 Å². The number of nitrogens with one attached hydrogen (secondary N) is 2. The minimum atomic E-state index is -0.0893. The molecule has 0 atom stereocenters. The van der Waals surface area contributed by atoms with E-state index in [1.807, 2.05) is 47.3 Å². The van der Waals surface area contributed by atoms with E-state index in [9.17, 15) is 4.79 Å². The van der Waals surface area contributed by atoms with Crippen LogP contribution in [-0.2, 0) is 12.8 Å². The lowest BCUT2D eigenvalue weighted by molar-refractivity contribution is 0.0953. The highest BCUT2D eigenvalue weighted by Crippen LogP contribution is 2.20. The summed E-state index contributed by atoms with van der Waals surface area (Å²) in [5.74, 6) is -0.0893. The van der Waals surface area contributed by atoms with Gasteiger partial charge in [0.25, 0.3) is 5.91 Å². The predicted octanol–water partition coefficient (Wildman–Crippen LogP) is 4.93. The van der Waals surface area contributed by atoms with Gasteiger partial charge in [-0.3, -0.25) is 4.79 Å². The first-order valence-electron chi connectivity index (χ1n) is 9.83. The molecule has 0 saturated heterocycles. The molecule has 1 amide bonds. The predicted molar refractivity (Wildman–Crippen MR) is 117 cm³/mol. The van der Waals surface area contributed by atoms with Gasteiger partial charge >= 0.3 is 0 Å². The summed E-state index contributed by atoms with van der Waals surface area (Å²) in [7, 11) is 0. The van der Waals surface area contributed by atoms with Gasteiger partial charge in [-0.25, -0.2) is 4.68 Å². The lowest BCUT2D eigenvalue weighted by atomic mass is 10.1.